The molecule has 3 N–H and O–H groups in total. The van der Waals surface area contributed by atoms with Gasteiger partial charge in [-0.25, -0.2) is 9.97 Å². The van der Waals surface area contributed by atoms with Gasteiger partial charge in [0.2, 0.25) is 5.95 Å². The molecule has 3 aliphatic rings. The van der Waals surface area contributed by atoms with Crippen LogP contribution in [0.15, 0.2) is 41.9 Å². The summed E-state index contributed by atoms with van der Waals surface area (Å²) < 4.78 is 0. The SMILES string of the molecule is O=C1NC(=O)C(c2c[nH]c3sccc23)=C1c1nc(N2CCC3(CCN3)CC2)nc2ccccc12. The van der Waals surface area contributed by atoms with Gasteiger partial charge in [0.05, 0.1) is 22.4 Å². The van der Waals surface area contributed by atoms with E-state index in [0.29, 0.717) is 22.8 Å². The van der Waals surface area contributed by atoms with E-state index in [0.717, 1.165) is 59.2 Å². The monoisotopic (exact) mass is 470 g/mol. The van der Waals surface area contributed by atoms with E-state index < -0.39 is 11.8 Å². The summed E-state index contributed by atoms with van der Waals surface area (Å²) in [6, 6.07) is 9.65. The van der Waals surface area contributed by atoms with E-state index in [2.05, 4.69) is 20.5 Å². The van der Waals surface area contributed by atoms with Gasteiger partial charge in [-0.15, -0.1) is 11.3 Å². The van der Waals surface area contributed by atoms with E-state index in [4.69, 9.17) is 9.97 Å². The van der Waals surface area contributed by atoms with Crippen molar-refractivity contribution in [1.82, 2.24) is 25.6 Å². The number of thiophene rings is 1. The average molecular weight is 471 g/mol. The summed E-state index contributed by atoms with van der Waals surface area (Å²) in [6.45, 7) is 2.80. The Morgan fingerprint density at radius 3 is 2.53 bits per heavy atom. The Labute approximate surface area is 199 Å². The second kappa shape index (κ2) is 7.22. The Morgan fingerprint density at radius 2 is 1.74 bits per heavy atom. The van der Waals surface area contributed by atoms with Crippen LogP contribution in [0.3, 0.4) is 0 Å². The number of imide groups is 1. The molecule has 9 heteroatoms. The van der Waals surface area contributed by atoms with E-state index in [-0.39, 0.29) is 5.54 Å². The minimum atomic E-state index is -0.421. The van der Waals surface area contributed by atoms with Crippen molar-refractivity contribution < 1.29 is 9.59 Å². The molecule has 1 aromatic carbocycles. The zero-order valence-electron chi connectivity index (χ0n) is 18.4. The molecule has 2 amide bonds. The molecule has 0 bridgehead atoms. The standard InChI is InChI=1S/C25H22N6O2S/c32-21-18(16-13-26-23-14(16)5-12-34-23)19(22(33)30-21)20-15-3-1-2-4-17(15)28-24(29-20)31-10-7-25(8-11-31)6-9-27-25/h1-5,12-13,26-27H,6-11H2,(H,30,32,33). The number of para-hydroxylation sites is 1. The third-order valence-electron chi connectivity index (χ3n) is 7.44. The van der Waals surface area contributed by atoms with Crippen molar-refractivity contribution in [1.29, 1.82) is 0 Å². The van der Waals surface area contributed by atoms with E-state index in [1.54, 1.807) is 17.5 Å². The molecule has 8 nitrogen and oxygen atoms in total. The molecule has 2 saturated heterocycles. The molecule has 0 saturated carbocycles. The van der Waals surface area contributed by atoms with E-state index >= 15 is 0 Å². The Kier molecular flexibility index (Phi) is 4.22. The predicted octanol–water partition coefficient (Wildman–Crippen LogP) is 3.07. The predicted molar refractivity (Wildman–Crippen MR) is 132 cm³/mol. The number of aromatic nitrogens is 3. The van der Waals surface area contributed by atoms with E-state index in [1.807, 2.05) is 35.7 Å². The number of anilines is 1. The number of benzene rings is 1. The topological polar surface area (TPSA) is 103 Å². The first-order chi connectivity index (χ1) is 16.6. The van der Waals surface area contributed by atoms with Crippen molar-refractivity contribution in [3.63, 3.8) is 0 Å². The van der Waals surface area contributed by atoms with Crippen molar-refractivity contribution in [2.24, 2.45) is 0 Å². The van der Waals surface area contributed by atoms with Crippen LogP contribution in [-0.4, -0.2) is 51.9 Å². The lowest BCUT2D eigenvalue weighted by Gasteiger charge is -2.48. The molecule has 7 rings (SSSR count). The highest BCUT2D eigenvalue weighted by atomic mass is 32.1. The second-order valence-corrected chi connectivity index (χ2v) is 10.1. The molecule has 0 unspecified atom stereocenters. The lowest BCUT2D eigenvalue weighted by Crippen LogP contribution is -2.62. The summed E-state index contributed by atoms with van der Waals surface area (Å²) in [7, 11) is 0. The third-order valence-corrected chi connectivity index (χ3v) is 8.28. The molecule has 1 spiro atoms. The largest absolute Gasteiger partial charge is 0.352 e. The Bertz CT molecular complexity index is 1520. The highest BCUT2D eigenvalue weighted by Gasteiger charge is 2.40. The number of piperidine rings is 1. The quantitative estimate of drug-likeness (QED) is 0.398. The van der Waals surface area contributed by atoms with Gasteiger partial charge in [-0.2, -0.15) is 0 Å². The first-order valence-electron chi connectivity index (χ1n) is 11.5. The zero-order valence-corrected chi connectivity index (χ0v) is 19.2. The first-order valence-corrected chi connectivity index (χ1v) is 12.4. The zero-order chi connectivity index (χ0) is 22.9. The maximum atomic E-state index is 13.1. The van der Waals surface area contributed by atoms with Crippen LogP contribution >= 0.6 is 11.3 Å². The molecular weight excluding hydrogens is 448 g/mol. The summed E-state index contributed by atoms with van der Waals surface area (Å²) in [5, 5.41) is 9.76. The molecule has 34 heavy (non-hydrogen) atoms. The van der Waals surface area contributed by atoms with Gasteiger partial charge in [-0.3, -0.25) is 14.9 Å². The number of aromatic amines is 1. The van der Waals surface area contributed by atoms with Crippen LogP contribution in [0.25, 0.3) is 32.3 Å². The summed E-state index contributed by atoms with van der Waals surface area (Å²) in [6.07, 6.45) is 5.11. The maximum Gasteiger partial charge on any atom is 0.261 e. The number of H-pyrrole nitrogens is 1. The molecule has 3 aliphatic heterocycles. The normalized spacial score (nSPS) is 19.9. The number of hydrogen-bond acceptors (Lipinski definition) is 7. The number of nitrogens with one attached hydrogen (secondary N) is 3. The molecule has 0 aliphatic carbocycles. The summed E-state index contributed by atoms with van der Waals surface area (Å²) >= 11 is 1.56. The number of hydrogen-bond donors (Lipinski definition) is 3. The molecular formula is C25H22N6O2S. The molecule has 0 radical (unpaired) electrons. The number of carbonyl (C=O) groups is 2. The van der Waals surface area contributed by atoms with Crippen LogP contribution in [0.1, 0.15) is 30.5 Å². The number of rotatable bonds is 3. The van der Waals surface area contributed by atoms with E-state index in [9.17, 15) is 9.59 Å². The van der Waals surface area contributed by atoms with Crippen LogP contribution < -0.4 is 15.5 Å². The Hall–Kier alpha value is -3.56. The van der Waals surface area contributed by atoms with Crippen LogP contribution in [-0.2, 0) is 9.59 Å². The van der Waals surface area contributed by atoms with Crippen molar-refractivity contribution in [2.45, 2.75) is 24.8 Å². The van der Waals surface area contributed by atoms with Gasteiger partial charge in [0.15, 0.2) is 0 Å². The van der Waals surface area contributed by atoms with Crippen molar-refractivity contribution in [2.75, 3.05) is 24.5 Å². The van der Waals surface area contributed by atoms with Crippen LogP contribution in [0.5, 0.6) is 0 Å². The lowest BCUT2D eigenvalue weighted by atomic mass is 9.79. The molecule has 4 aromatic rings. The van der Waals surface area contributed by atoms with Gasteiger partial charge in [-0.05, 0) is 43.3 Å². The number of fused-ring (bicyclic) bond motifs is 2. The van der Waals surface area contributed by atoms with Crippen molar-refractivity contribution in [3.05, 3.63) is 53.2 Å². The lowest BCUT2D eigenvalue weighted by molar-refractivity contribution is -0.122. The first kappa shape index (κ1) is 19.9. The van der Waals surface area contributed by atoms with Gasteiger partial charge in [0.25, 0.3) is 11.8 Å². The smallest absolute Gasteiger partial charge is 0.261 e. The molecule has 6 heterocycles. The van der Waals surface area contributed by atoms with Gasteiger partial charge in [-0.1, -0.05) is 18.2 Å². The number of nitrogens with zero attached hydrogens (tertiary/aromatic N) is 3. The van der Waals surface area contributed by atoms with Crippen LogP contribution in [0.4, 0.5) is 5.95 Å². The summed E-state index contributed by atoms with van der Waals surface area (Å²) in [5.41, 5.74) is 2.93. The minimum absolute atomic E-state index is 0.268. The third kappa shape index (κ3) is 2.87. The number of carbonyl (C=O) groups excluding carboxylic acids is 2. The van der Waals surface area contributed by atoms with E-state index in [1.165, 1.54) is 6.42 Å². The Morgan fingerprint density at radius 1 is 0.941 bits per heavy atom. The van der Waals surface area contributed by atoms with Gasteiger partial charge in [0, 0.05) is 41.2 Å². The second-order valence-electron chi connectivity index (χ2n) is 9.23. The number of amides is 2. The summed E-state index contributed by atoms with van der Waals surface area (Å²) in [4.78, 5) is 42.3. The van der Waals surface area contributed by atoms with Gasteiger partial charge >= 0.3 is 0 Å². The fourth-order valence-corrected chi connectivity index (χ4v) is 6.20. The van der Waals surface area contributed by atoms with Crippen LogP contribution in [0.2, 0.25) is 0 Å². The highest BCUT2D eigenvalue weighted by Crippen LogP contribution is 2.39. The molecule has 3 aromatic heterocycles. The minimum Gasteiger partial charge on any atom is -0.352 e. The van der Waals surface area contributed by atoms with Gasteiger partial charge in [0.1, 0.15) is 4.83 Å². The fraction of sp³-hybridized carbons (Fsp3) is 0.280. The van der Waals surface area contributed by atoms with Crippen molar-refractivity contribution >= 4 is 61.4 Å². The average Bonchev–Trinajstić information content (AvgIpc) is 3.52. The Balaban J connectivity index is 1.41. The highest BCUT2D eigenvalue weighted by molar-refractivity contribution is 7.16. The molecule has 2 fully saturated rings. The molecule has 170 valence electrons. The summed E-state index contributed by atoms with van der Waals surface area (Å²) in [5.74, 6) is -0.209. The maximum absolute atomic E-state index is 13.1. The van der Waals surface area contributed by atoms with Crippen LogP contribution in [0, 0.1) is 0 Å². The fourth-order valence-electron chi connectivity index (χ4n) is 5.43. The van der Waals surface area contributed by atoms with Crippen molar-refractivity contribution in [3.8, 4) is 0 Å². The molecule has 0 atom stereocenters. The van der Waals surface area contributed by atoms with Gasteiger partial charge < -0.3 is 15.2 Å².